The highest BCUT2D eigenvalue weighted by atomic mass is 16.5. The van der Waals surface area contributed by atoms with E-state index in [4.69, 9.17) is 15.2 Å². The predicted octanol–water partition coefficient (Wildman–Crippen LogP) is 2.30. The van der Waals surface area contributed by atoms with Crippen LogP contribution in [0.4, 0.5) is 0 Å². The van der Waals surface area contributed by atoms with Gasteiger partial charge in [-0.05, 0) is 38.3 Å². The molecule has 1 fully saturated rings. The van der Waals surface area contributed by atoms with Crippen molar-refractivity contribution in [2.75, 3.05) is 13.7 Å². The molecule has 3 unspecified atom stereocenters. The molecular formula is C15H23NO2. The van der Waals surface area contributed by atoms with E-state index in [0.29, 0.717) is 12.0 Å². The fourth-order valence-corrected chi connectivity index (χ4v) is 2.64. The first-order chi connectivity index (χ1) is 8.60. The van der Waals surface area contributed by atoms with E-state index < -0.39 is 0 Å². The van der Waals surface area contributed by atoms with Crippen molar-refractivity contribution in [2.24, 2.45) is 11.7 Å². The van der Waals surface area contributed by atoms with Gasteiger partial charge in [-0.15, -0.1) is 0 Å². The lowest BCUT2D eigenvalue weighted by molar-refractivity contribution is 0.118. The first kappa shape index (κ1) is 13.4. The highest BCUT2D eigenvalue weighted by Crippen LogP contribution is 2.26. The van der Waals surface area contributed by atoms with E-state index >= 15 is 0 Å². The largest absolute Gasteiger partial charge is 0.496 e. The number of hydrogen-bond acceptors (Lipinski definition) is 3. The molecule has 100 valence electrons. The Balaban J connectivity index is 2.06. The van der Waals surface area contributed by atoms with Crippen LogP contribution in [0.5, 0.6) is 5.75 Å². The summed E-state index contributed by atoms with van der Waals surface area (Å²) in [6.45, 7) is 4.99. The third kappa shape index (κ3) is 3.03. The molecule has 1 saturated heterocycles. The number of benzene rings is 1. The van der Waals surface area contributed by atoms with Crippen molar-refractivity contribution in [3.63, 3.8) is 0 Å². The Bertz CT molecular complexity index is 405. The SMILES string of the molecule is COc1ccc(C)cc1CC(N)C1COC(C)C1. The topological polar surface area (TPSA) is 44.5 Å². The predicted molar refractivity (Wildman–Crippen MR) is 72.9 cm³/mol. The molecule has 1 aliphatic heterocycles. The van der Waals surface area contributed by atoms with Crippen molar-refractivity contribution in [1.82, 2.24) is 0 Å². The van der Waals surface area contributed by atoms with E-state index in [9.17, 15) is 0 Å². The molecule has 3 atom stereocenters. The van der Waals surface area contributed by atoms with Crippen LogP contribution in [0, 0.1) is 12.8 Å². The molecule has 1 aliphatic rings. The second-order valence-electron chi connectivity index (χ2n) is 5.32. The zero-order valence-corrected chi connectivity index (χ0v) is 11.5. The van der Waals surface area contributed by atoms with E-state index in [1.807, 2.05) is 6.07 Å². The Morgan fingerprint density at radius 3 is 2.89 bits per heavy atom. The van der Waals surface area contributed by atoms with Crippen LogP contribution in [0.2, 0.25) is 0 Å². The van der Waals surface area contributed by atoms with Crippen LogP contribution in [0.25, 0.3) is 0 Å². The average Bonchev–Trinajstić information content (AvgIpc) is 2.76. The maximum Gasteiger partial charge on any atom is 0.122 e. The van der Waals surface area contributed by atoms with Crippen molar-refractivity contribution in [2.45, 2.75) is 38.8 Å². The molecule has 3 nitrogen and oxygen atoms in total. The minimum Gasteiger partial charge on any atom is -0.496 e. The summed E-state index contributed by atoms with van der Waals surface area (Å²) in [5, 5.41) is 0. The van der Waals surface area contributed by atoms with Gasteiger partial charge in [0.15, 0.2) is 0 Å². The summed E-state index contributed by atoms with van der Waals surface area (Å²) >= 11 is 0. The molecule has 0 aromatic heterocycles. The van der Waals surface area contributed by atoms with E-state index in [-0.39, 0.29) is 6.04 Å². The maximum atomic E-state index is 6.31. The van der Waals surface area contributed by atoms with Gasteiger partial charge in [-0.25, -0.2) is 0 Å². The van der Waals surface area contributed by atoms with Gasteiger partial charge in [-0.1, -0.05) is 17.7 Å². The molecule has 18 heavy (non-hydrogen) atoms. The zero-order valence-electron chi connectivity index (χ0n) is 11.5. The molecule has 0 amide bonds. The highest BCUT2D eigenvalue weighted by Gasteiger charge is 2.27. The van der Waals surface area contributed by atoms with E-state index in [2.05, 4.69) is 26.0 Å². The normalized spacial score (nSPS) is 25.1. The standard InChI is InChI=1S/C15H23NO2/c1-10-4-5-15(17-3)12(6-10)8-14(16)13-7-11(2)18-9-13/h4-6,11,13-14H,7-9,16H2,1-3H3. The van der Waals surface area contributed by atoms with E-state index in [0.717, 1.165) is 25.2 Å². The average molecular weight is 249 g/mol. The summed E-state index contributed by atoms with van der Waals surface area (Å²) < 4.78 is 11.0. The molecule has 0 bridgehead atoms. The number of methoxy groups -OCH3 is 1. The Morgan fingerprint density at radius 1 is 1.50 bits per heavy atom. The van der Waals surface area contributed by atoms with Crippen LogP contribution in [0.15, 0.2) is 18.2 Å². The summed E-state index contributed by atoms with van der Waals surface area (Å²) in [4.78, 5) is 0. The first-order valence-corrected chi connectivity index (χ1v) is 6.61. The lowest BCUT2D eigenvalue weighted by Crippen LogP contribution is -2.32. The molecule has 2 rings (SSSR count). The summed E-state index contributed by atoms with van der Waals surface area (Å²) in [5.74, 6) is 1.40. The number of nitrogens with two attached hydrogens (primary N) is 1. The fraction of sp³-hybridized carbons (Fsp3) is 0.600. The summed E-state index contributed by atoms with van der Waals surface area (Å²) in [5.41, 5.74) is 8.75. The van der Waals surface area contributed by atoms with Crippen LogP contribution in [-0.4, -0.2) is 25.9 Å². The van der Waals surface area contributed by atoms with Crippen molar-refractivity contribution in [1.29, 1.82) is 0 Å². The number of rotatable bonds is 4. The number of hydrogen-bond donors (Lipinski definition) is 1. The highest BCUT2D eigenvalue weighted by molar-refractivity contribution is 5.37. The van der Waals surface area contributed by atoms with Crippen LogP contribution in [0.1, 0.15) is 24.5 Å². The molecule has 0 aliphatic carbocycles. The zero-order chi connectivity index (χ0) is 13.1. The molecular weight excluding hydrogens is 226 g/mol. The van der Waals surface area contributed by atoms with E-state index in [1.54, 1.807) is 7.11 Å². The Morgan fingerprint density at radius 2 is 2.28 bits per heavy atom. The quantitative estimate of drug-likeness (QED) is 0.890. The van der Waals surface area contributed by atoms with Crippen molar-refractivity contribution in [3.8, 4) is 5.75 Å². The van der Waals surface area contributed by atoms with Gasteiger partial charge in [0.05, 0.1) is 19.8 Å². The summed E-state index contributed by atoms with van der Waals surface area (Å²) in [7, 11) is 1.71. The molecule has 3 heteroatoms. The Kier molecular flexibility index (Phi) is 4.25. The van der Waals surface area contributed by atoms with Crippen LogP contribution < -0.4 is 10.5 Å². The Labute approximate surface area is 109 Å². The second-order valence-corrected chi connectivity index (χ2v) is 5.32. The van der Waals surface area contributed by atoms with Gasteiger partial charge >= 0.3 is 0 Å². The lowest BCUT2D eigenvalue weighted by Gasteiger charge is -2.19. The van der Waals surface area contributed by atoms with Gasteiger partial charge in [0, 0.05) is 12.0 Å². The molecule has 1 aromatic rings. The van der Waals surface area contributed by atoms with Gasteiger partial charge < -0.3 is 15.2 Å². The summed E-state index contributed by atoms with van der Waals surface area (Å²) in [6.07, 6.45) is 2.27. The van der Waals surface area contributed by atoms with Crippen molar-refractivity contribution >= 4 is 0 Å². The van der Waals surface area contributed by atoms with Gasteiger partial charge in [0.1, 0.15) is 5.75 Å². The van der Waals surface area contributed by atoms with Gasteiger partial charge in [-0.2, -0.15) is 0 Å². The van der Waals surface area contributed by atoms with Crippen LogP contribution in [-0.2, 0) is 11.2 Å². The minimum atomic E-state index is 0.144. The molecule has 2 N–H and O–H groups in total. The fourth-order valence-electron chi connectivity index (χ4n) is 2.64. The third-order valence-corrected chi connectivity index (χ3v) is 3.73. The number of ether oxygens (including phenoxy) is 2. The smallest absolute Gasteiger partial charge is 0.122 e. The summed E-state index contributed by atoms with van der Waals surface area (Å²) in [6, 6.07) is 6.39. The lowest BCUT2D eigenvalue weighted by atomic mass is 9.91. The second kappa shape index (κ2) is 5.72. The Hall–Kier alpha value is -1.06. The molecule has 0 spiro atoms. The monoisotopic (exact) mass is 249 g/mol. The van der Waals surface area contributed by atoms with Crippen LogP contribution >= 0.6 is 0 Å². The first-order valence-electron chi connectivity index (χ1n) is 6.61. The van der Waals surface area contributed by atoms with Crippen molar-refractivity contribution < 1.29 is 9.47 Å². The van der Waals surface area contributed by atoms with Gasteiger partial charge in [0.25, 0.3) is 0 Å². The minimum absolute atomic E-state index is 0.144. The molecule has 1 heterocycles. The maximum absolute atomic E-state index is 6.31. The molecule has 1 aromatic carbocycles. The third-order valence-electron chi connectivity index (χ3n) is 3.73. The van der Waals surface area contributed by atoms with Gasteiger partial charge in [0.2, 0.25) is 0 Å². The van der Waals surface area contributed by atoms with Crippen molar-refractivity contribution in [3.05, 3.63) is 29.3 Å². The van der Waals surface area contributed by atoms with Crippen LogP contribution in [0.3, 0.4) is 0 Å². The van der Waals surface area contributed by atoms with E-state index in [1.165, 1.54) is 11.1 Å². The molecule has 0 saturated carbocycles. The molecule has 0 radical (unpaired) electrons. The van der Waals surface area contributed by atoms with Gasteiger partial charge in [-0.3, -0.25) is 0 Å². The number of aryl methyl sites for hydroxylation is 1.